The van der Waals surface area contributed by atoms with Crippen LogP contribution in [0.3, 0.4) is 0 Å². The van der Waals surface area contributed by atoms with E-state index in [0.717, 1.165) is 12.8 Å². The van der Waals surface area contributed by atoms with E-state index in [1.54, 1.807) is 20.8 Å². The summed E-state index contributed by atoms with van der Waals surface area (Å²) in [6.07, 6.45) is 10.4. The number of aryl methyl sites for hydroxylation is 1. The van der Waals surface area contributed by atoms with Gasteiger partial charge in [-0.1, -0.05) is 75.3 Å². The normalized spacial score (nSPS) is 16.7. The van der Waals surface area contributed by atoms with Crippen molar-refractivity contribution in [3.63, 3.8) is 0 Å². The first kappa shape index (κ1) is 27.0. The second-order valence-corrected chi connectivity index (χ2v) is 8.53. The molecule has 0 saturated carbocycles. The highest BCUT2D eigenvalue weighted by Gasteiger charge is 2.32. The van der Waals surface area contributed by atoms with Gasteiger partial charge < -0.3 is 15.3 Å². The fraction of sp³-hybridized carbons (Fsp3) is 0.750. The van der Waals surface area contributed by atoms with E-state index in [-0.39, 0.29) is 0 Å². The summed E-state index contributed by atoms with van der Waals surface area (Å²) in [5.41, 5.74) is 1.44. The summed E-state index contributed by atoms with van der Waals surface area (Å²) in [4.78, 5) is 0. The molecule has 6 nitrogen and oxygen atoms in total. The van der Waals surface area contributed by atoms with Crippen molar-refractivity contribution >= 4 is 0 Å². The molecule has 0 spiro atoms. The lowest BCUT2D eigenvalue weighted by molar-refractivity contribution is -0.0152. The molecule has 6 heteroatoms. The minimum atomic E-state index is -0.907. The van der Waals surface area contributed by atoms with Gasteiger partial charge in [-0.05, 0) is 52.0 Å². The number of rotatable bonds is 18. The zero-order chi connectivity index (χ0) is 22.2. The molecule has 0 saturated heterocycles. The quantitative estimate of drug-likeness (QED) is 0.160. The van der Waals surface area contributed by atoms with Crippen LogP contribution in [-0.2, 0) is 6.42 Å². The summed E-state index contributed by atoms with van der Waals surface area (Å²) >= 11 is 0. The number of hydrogen-bond donors (Lipinski definition) is 6. The highest BCUT2D eigenvalue weighted by atomic mass is 16.3. The van der Waals surface area contributed by atoms with Crippen LogP contribution >= 0.6 is 0 Å². The highest BCUT2D eigenvalue weighted by Crippen LogP contribution is 2.16. The molecule has 0 aliphatic heterocycles. The minimum Gasteiger partial charge on any atom is -0.379 e. The zero-order valence-electron chi connectivity index (χ0n) is 19.2. The molecule has 1 rings (SSSR count). The highest BCUT2D eigenvalue weighted by molar-refractivity contribution is 5.14. The monoisotopic (exact) mass is 423 g/mol. The van der Waals surface area contributed by atoms with Crippen molar-refractivity contribution in [2.75, 3.05) is 0 Å². The third-order valence-corrected chi connectivity index (χ3v) is 5.23. The summed E-state index contributed by atoms with van der Waals surface area (Å²) in [5.74, 6) is -0.907. The van der Waals surface area contributed by atoms with Gasteiger partial charge in [0, 0.05) is 0 Å². The van der Waals surface area contributed by atoms with E-state index in [2.05, 4.69) is 46.3 Å². The van der Waals surface area contributed by atoms with E-state index in [1.807, 2.05) is 0 Å². The molecule has 174 valence electrons. The van der Waals surface area contributed by atoms with Crippen LogP contribution in [0.4, 0.5) is 0 Å². The molecule has 0 fully saturated rings. The van der Waals surface area contributed by atoms with Gasteiger partial charge in [0.05, 0.1) is 0 Å². The predicted molar refractivity (Wildman–Crippen MR) is 123 cm³/mol. The van der Waals surface area contributed by atoms with Gasteiger partial charge in [0.25, 0.3) is 0 Å². The molecule has 0 bridgehead atoms. The fourth-order valence-corrected chi connectivity index (χ4v) is 4.01. The Balaban J connectivity index is 2.15. The van der Waals surface area contributed by atoms with Crippen LogP contribution in [0.5, 0.6) is 0 Å². The van der Waals surface area contributed by atoms with Gasteiger partial charge in [0.15, 0.2) is 0 Å². The first-order chi connectivity index (χ1) is 14.3. The van der Waals surface area contributed by atoms with Crippen molar-refractivity contribution in [1.29, 1.82) is 0 Å². The van der Waals surface area contributed by atoms with Crippen molar-refractivity contribution in [3.8, 4) is 0 Å². The standard InChI is InChI=1S/C24H45N3O3/c1-20(28)25-24(26-21(2)29,27-22(3)30)19-15-10-8-6-4-5-7-9-12-16-23-17-13-11-14-18-23/h11,13-14,17-18,20-22,25-30H,4-10,12,15-16,19H2,1-3H3. The van der Waals surface area contributed by atoms with Crippen LogP contribution in [-0.4, -0.2) is 39.8 Å². The Labute approximate surface area is 183 Å². The first-order valence-corrected chi connectivity index (χ1v) is 11.7. The number of nitrogens with one attached hydrogen (secondary N) is 3. The predicted octanol–water partition coefficient (Wildman–Crippen LogP) is 3.57. The van der Waals surface area contributed by atoms with Crippen LogP contribution in [0.1, 0.15) is 90.5 Å². The van der Waals surface area contributed by atoms with Crippen LogP contribution < -0.4 is 16.0 Å². The zero-order valence-corrected chi connectivity index (χ0v) is 19.2. The molecule has 6 N–H and O–H groups in total. The second-order valence-electron chi connectivity index (χ2n) is 8.53. The molecular formula is C24H45N3O3. The van der Waals surface area contributed by atoms with Crippen molar-refractivity contribution < 1.29 is 15.3 Å². The van der Waals surface area contributed by atoms with Crippen molar-refractivity contribution in [1.82, 2.24) is 16.0 Å². The van der Waals surface area contributed by atoms with Crippen LogP contribution in [0, 0.1) is 0 Å². The maximum absolute atomic E-state index is 9.79. The lowest BCUT2D eigenvalue weighted by Crippen LogP contribution is -2.71. The minimum absolute atomic E-state index is 0.646. The lowest BCUT2D eigenvalue weighted by atomic mass is 10.0. The van der Waals surface area contributed by atoms with Gasteiger partial charge in [-0.25, -0.2) is 0 Å². The van der Waals surface area contributed by atoms with Gasteiger partial charge in [0.2, 0.25) is 0 Å². The maximum Gasteiger partial charge on any atom is 0.129 e. The van der Waals surface area contributed by atoms with E-state index in [4.69, 9.17) is 0 Å². The largest absolute Gasteiger partial charge is 0.379 e. The molecule has 0 aliphatic carbocycles. The van der Waals surface area contributed by atoms with Gasteiger partial charge in [-0.3, -0.25) is 16.0 Å². The topological polar surface area (TPSA) is 96.8 Å². The Morgan fingerprint density at radius 2 is 1.03 bits per heavy atom. The average molecular weight is 424 g/mol. The van der Waals surface area contributed by atoms with Crippen molar-refractivity contribution in [2.45, 2.75) is 116 Å². The second kappa shape index (κ2) is 15.7. The van der Waals surface area contributed by atoms with Gasteiger partial charge in [0.1, 0.15) is 24.5 Å². The Morgan fingerprint density at radius 3 is 1.47 bits per heavy atom. The number of hydrogen-bond acceptors (Lipinski definition) is 6. The number of aliphatic hydroxyl groups is 3. The van der Waals surface area contributed by atoms with Crippen molar-refractivity contribution in [2.24, 2.45) is 0 Å². The molecule has 0 heterocycles. The van der Waals surface area contributed by atoms with Crippen molar-refractivity contribution in [3.05, 3.63) is 35.9 Å². The number of benzene rings is 1. The molecular weight excluding hydrogens is 378 g/mol. The SMILES string of the molecule is CC(O)NC(CCCCCCCCCCCc1ccccc1)(NC(C)O)NC(C)O. The van der Waals surface area contributed by atoms with E-state index in [9.17, 15) is 15.3 Å². The molecule has 30 heavy (non-hydrogen) atoms. The maximum atomic E-state index is 9.79. The van der Waals surface area contributed by atoms with E-state index in [0.29, 0.717) is 6.42 Å². The van der Waals surface area contributed by atoms with Crippen LogP contribution in [0.2, 0.25) is 0 Å². The van der Waals surface area contributed by atoms with E-state index >= 15 is 0 Å². The third-order valence-electron chi connectivity index (χ3n) is 5.23. The smallest absolute Gasteiger partial charge is 0.129 e. The molecule has 3 atom stereocenters. The summed E-state index contributed by atoms with van der Waals surface area (Å²) in [5, 5.41) is 38.4. The van der Waals surface area contributed by atoms with E-state index < -0.39 is 24.5 Å². The fourth-order valence-electron chi connectivity index (χ4n) is 4.01. The lowest BCUT2D eigenvalue weighted by Gasteiger charge is -2.40. The Kier molecular flexibility index (Phi) is 14.2. The van der Waals surface area contributed by atoms with E-state index in [1.165, 1.54) is 56.9 Å². The third kappa shape index (κ3) is 13.3. The summed E-state index contributed by atoms with van der Waals surface area (Å²) in [6.45, 7) is 4.88. The number of aliphatic hydroxyl groups excluding tert-OH is 3. The molecule has 0 amide bonds. The molecule has 0 aromatic heterocycles. The van der Waals surface area contributed by atoms with Gasteiger partial charge in [-0.15, -0.1) is 0 Å². The molecule has 3 unspecified atom stereocenters. The van der Waals surface area contributed by atoms with Crippen LogP contribution in [0.15, 0.2) is 30.3 Å². The van der Waals surface area contributed by atoms with Gasteiger partial charge >= 0.3 is 0 Å². The molecule has 1 aromatic rings. The Morgan fingerprint density at radius 1 is 0.633 bits per heavy atom. The summed E-state index contributed by atoms with van der Waals surface area (Å²) < 4.78 is 0. The first-order valence-electron chi connectivity index (χ1n) is 11.7. The Hall–Kier alpha value is -1.02. The Bertz CT molecular complexity index is 497. The molecule has 0 radical (unpaired) electrons. The van der Waals surface area contributed by atoms with Crippen LogP contribution in [0.25, 0.3) is 0 Å². The summed E-state index contributed by atoms with van der Waals surface area (Å²) in [6, 6.07) is 10.7. The average Bonchev–Trinajstić information content (AvgIpc) is 2.65. The molecule has 1 aromatic carbocycles. The summed E-state index contributed by atoms with van der Waals surface area (Å²) in [7, 11) is 0. The number of unbranched alkanes of at least 4 members (excludes halogenated alkanes) is 8. The van der Waals surface area contributed by atoms with Gasteiger partial charge in [-0.2, -0.15) is 0 Å². The molecule has 0 aliphatic rings.